The molecule has 0 spiro atoms. The molecule has 0 saturated heterocycles. The van der Waals surface area contributed by atoms with Crippen LogP contribution in [0.4, 0.5) is 0 Å². The Hall–Kier alpha value is -2.69. The zero-order valence-corrected chi connectivity index (χ0v) is 13.8. The van der Waals surface area contributed by atoms with Crippen LogP contribution in [-0.4, -0.2) is 19.1 Å². The maximum absolute atomic E-state index is 12.2. The van der Waals surface area contributed by atoms with Crippen LogP contribution in [0.1, 0.15) is 31.2 Å². The lowest BCUT2D eigenvalue weighted by Crippen LogP contribution is -2.30. The Kier molecular flexibility index (Phi) is 4.89. The predicted molar refractivity (Wildman–Crippen MR) is 90.9 cm³/mol. The summed E-state index contributed by atoms with van der Waals surface area (Å²) in [5, 5.41) is 3.04. The summed E-state index contributed by atoms with van der Waals surface area (Å²) in [6, 6.07) is 9.26. The number of hydrogen-bond acceptors (Lipinski definition) is 4. The van der Waals surface area contributed by atoms with E-state index in [1.54, 1.807) is 24.5 Å². The van der Waals surface area contributed by atoms with Crippen LogP contribution >= 0.6 is 0 Å². The normalized spacial score (nSPS) is 14.8. The van der Waals surface area contributed by atoms with Crippen molar-refractivity contribution in [1.29, 1.82) is 0 Å². The molecule has 1 aromatic heterocycles. The largest absolute Gasteiger partial charge is 0.486 e. The summed E-state index contributed by atoms with van der Waals surface area (Å²) in [7, 11) is 0. The van der Waals surface area contributed by atoms with Crippen molar-refractivity contribution in [3.8, 4) is 11.5 Å². The van der Waals surface area contributed by atoms with Gasteiger partial charge in [0.15, 0.2) is 11.5 Å². The molecular weight excluding hydrogens is 306 g/mol. The van der Waals surface area contributed by atoms with Crippen molar-refractivity contribution in [1.82, 2.24) is 5.32 Å². The third-order valence-corrected chi connectivity index (χ3v) is 3.83. The average Bonchev–Trinajstić information content (AvgIpc) is 3.10. The molecule has 0 bridgehead atoms. The number of rotatable bonds is 5. The molecule has 1 aromatic carbocycles. The van der Waals surface area contributed by atoms with Crippen LogP contribution < -0.4 is 14.8 Å². The van der Waals surface area contributed by atoms with Gasteiger partial charge in [-0.2, -0.15) is 0 Å². The molecule has 1 unspecified atom stereocenters. The maximum atomic E-state index is 12.2. The molecule has 1 aliphatic rings. The van der Waals surface area contributed by atoms with E-state index in [0.717, 1.165) is 17.1 Å². The number of hydrogen-bond donors (Lipinski definition) is 1. The third kappa shape index (κ3) is 3.79. The summed E-state index contributed by atoms with van der Waals surface area (Å²) in [4.78, 5) is 12.2. The Morgan fingerprint density at radius 1 is 1.17 bits per heavy atom. The number of furan rings is 1. The molecule has 0 aliphatic carbocycles. The van der Waals surface area contributed by atoms with E-state index in [9.17, 15) is 4.79 Å². The minimum absolute atomic E-state index is 0.116. The topological polar surface area (TPSA) is 60.7 Å². The van der Waals surface area contributed by atoms with Gasteiger partial charge < -0.3 is 19.2 Å². The molecule has 0 fully saturated rings. The minimum Gasteiger partial charge on any atom is -0.486 e. The summed E-state index contributed by atoms with van der Waals surface area (Å²) in [6.07, 6.45) is 4.70. The SMILES string of the molecule is CC(C)C(NC(=O)/C=C/c1ccco1)c1ccc2c(c1)OCCO2. The van der Waals surface area contributed by atoms with E-state index >= 15 is 0 Å². The molecule has 24 heavy (non-hydrogen) atoms. The second-order valence-corrected chi connectivity index (χ2v) is 5.98. The van der Waals surface area contributed by atoms with Gasteiger partial charge in [0.1, 0.15) is 19.0 Å². The fraction of sp³-hybridized carbons (Fsp3) is 0.316. The monoisotopic (exact) mass is 327 g/mol. The minimum atomic E-state index is -0.167. The first-order chi connectivity index (χ1) is 11.6. The highest BCUT2D eigenvalue weighted by atomic mass is 16.6. The molecule has 0 saturated carbocycles. The van der Waals surface area contributed by atoms with Gasteiger partial charge in [-0.15, -0.1) is 0 Å². The van der Waals surface area contributed by atoms with Gasteiger partial charge in [-0.1, -0.05) is 19.9 Å². The number of carbonyl (C=O) groups excluding carboxylic acids is 1. The van der Waals surface area contributed by atoms with E-state index in [-0.39, 0.29) is 17.9 Å². The van der Waals surface area contributed by atoms with E-state index in [4.69, 9.17) is 13.9 Å². The first-order valence-electron chi connectivity index (χ1n) is 8.05. The number of benzene rings is 1. The van der Waals surface area contributed by atoms with Crippen molar-refractivity contribution in [2.75, 3.05) is 13.2 Å². The van der Waals surface area contributed by atoms with E-state index in [2.05, 4.69) is 19.2 Å². The average molecular weight is 327 g/mol. The lowest BCUT2D eigenvalue weighted by atomic mass is 9.95. The van der Waals surface area contributed by atoms with Gasteiger partial charge in [-0.25, -0.2) is 0 Å². The Labute approximate surface area is 141 Å². The molecule has 1 amide bonds. The Balaban J connectivity index is 1.73. The van der Waals surface area contributed by atoms with Gasteiger partial charge in [0.25, 0.3) is 0 Å². The molecule has 5 nitrogen and oxygen atoms in total. The lowest BCUT2D eigenvalue weighted by molar-refractivity contribution is -0.117. The molecule has 2 aromatic rings. The molecule has 1 aliphatic heterocycles. The van der Waals surface area contributed by atoms with Crippen molar-refractivity contribution < 1.29 is 18.7 Å². The fourth-order valence-corrected chi connectivity index (χ4v) is 2.63. The van der Waals surface area contributed by atoms with Crippen LogP contribution in [0.2, 0.25) is 0 Å². The summed E-state index contributed by atoms with van der Waals surface area (Å²) in [6.45, 7) is 5.24. The summed E-state index contributed by atoms with van der Waals surface area (Å²) < 4.78 is 16.4. The molecule has 0 radical (unpaired) electrons. The van der Waals surface area contributed by atoms with E-state index < -0.39 is 0 Å². The van der Waals surface area contributed by atoms with Gasteiger partial charge >= 0.3 is 0 Å². The highest BCUT2D eigenvalue weighted by molar-refractivity contribution is 5.91. The molecule has 126 valence electrons. The lowest BCUT2D eigenvalue weighted by Gasteiger charge is -2.25. The summed E-state index contributed by atoms with van der Waals surface area (Å²) >= 11 is 0. The highest BCUT2D eigenvalue weighted by Gasteiger charge is 2.20. The van der Waals surface area contributed by atoms with Crippen LogP contribution in [0.15, 0.2) is 47.1 Å². The number of carbonyl (C=O) groups is 1. The molecule has 3 rings (SSSR count). The first-order valence-corrected chi connectivity index (χ1v) is 8.05. The number of nitrogens with one attached hydrogen (secondary N) is 1. The maximum Gasteiger partial charge on any atom is 0.244 e. The second kappa shape index (κ2) is 7.25. The van der Waals surface area contributed by atoms with Crippen molar-refractivity contribution in [3.05, 3.63) is 54.0 Å². The smallest absolute Gasteiger partial charge is 0.244 e. The van der Waals surface area contributed by atoms with Crippen LogP contribution in [-0.2, 0) is 4.79 Å². The van der Waals surface area contributed by atoms with Crippen LogP contribution in [0, 0.1) is 5.92 Å². The van der Waals surface area contributed by atoms with Crippen molar-refractivity contribution in [2.45, 2.75) is 19.9 Å². The van der Waals surface area contributed by atoms with E-state index in [1.807, 2.05) is 18.2 Å². The highest BCUT2D eigenvalue weighted by Crippen LogP contribution is 2.34. The fourth-order valence-electron chi connectivity index (χ4n) is 2.63. The first kappa shape index (κ1) is 16.2. The van der Waals surface area contributed by atoms with Gasteiger partial charge in [0, 0.05) is 6.08 Å². The Morgan fingerprint density at radius 3 is 2.67 bits per heavy atom. The molecule has 1 atom stereocenters. The molecule has 5 heteroatoms. The van der Waals surface area contributed by atoms with Gasteiger partial charge in [-0.05, 0) is 41.8 Å². The summed E-state index contributed by atoms with van der Waals surface area (Å²) in [5.41, 5.74) is 0.994. The van der Waals surface area contributed by atoms with Crippen molar-refractivity contribution in [3.63, 3.8) is 0 Å². The number of amides is 1. The Bertz CT molecular complexity index is 719. The Morgan fingerprint density at radius 2 is 1.96 bits per heavy atom. The van der Waals surface area contributed by atoms with Crippen LogP contribution in [0.3, 0.4) is 0 Å². The predicted octanol–water partition coefficient (Wildman–Crippen LogP) is 3.58. The second-order valence-electron chi connectivity index (χ2n) is 5.98. The number of fused-ring (bicyclic) bond motifs is 1. The van der Waals surface area contributed by atoms with Crippen molar-refractivity contribution in [2.24, 2.45) is 5.92 Å². The van der Waals surface area contributed by atoms with E-state index in [1.165, 1.54) is 6.08 Å². The van der Waals surface area contributed by atoms with Crippen molar-refractivity contribution >= 4 is 12.0 Å². The van der Waals surface area contributed by atoms with Crippen LogP contribution in [0.5, 0.6) is 11.5 Å². The summed E-state index contributed by atoms with van der Waals surface area (Å²) in [5.74, 6) is 2.18. The zero-order valence-electron chi connectivity index (χ0n) is 13.8. The molecular formula is C19H21NO4. The molecule has 1 N–H and O–H groups in total. The number of ether oxygens (including phenoxy) is 2. The quantitative estimate of drug-likeness (QED) is 0.853. The zero-order chi connectivity index (χ0) is 16.9. The van der Waals surface area contributed by atoms with Gasteiger partial charge in [0.2, 0.25) is 5.91 Å². The van der Waals surface area contributed by atoms with Gasteiger partial charge in [-0.3, -0.25) is 4.79 Å². The van der Waals surface area contributed by atoms with E-state index in [0.29, 0.717) is 19.0 Å². The third-order valence-electron chi connectivity index (χ3n) is 3.83. The van der Waals surface area contributed by atoms with Gasteiger partial charge in [0.05, 0.1) is 12.3 Å². The standard InChI is InChI=1S/C19H21NO4/c1-13(2)19(20-18(21)8-6-15-4-3-9-22-15)14-5-7-16-17(12-14)24-11-10-23-16/h3-9,12-13,19H,10-11H2,1-2H3,(H,20,21)/b8-6+. The molecule has 2 heterocycles. The van der Waals surface area contributed by atoms with Crippen LogP contribution in [0.25, 0.3) is 6.08 Å².